The molecule has 8 heteroatoms. The van der Waals surface area contributed by atoms with E-state index < -0.39 is 0 Å². The fraction of sp³-hybridized carbons (Fsp3) is 0.360. The van der Waals surface area contributed by atoms with E-state index >= 15 is 0 Å². The summed E-state index contributed by atoms with van der Waals surface area (Å²) >= 11 is 0. The van der Waals surface area contributed by atoms with Gasteiger partial charge in [0.25, 0.3) is 0 Å². The molecule has 1 unspecified atom stereocenters. The molecule has 33 heavy (non-hydrogen) atoms. The average molecular weight is 449 g/mol. The third-order valence-corrected chi connectivity index (χ3v) is 6.20. The van der Waals surface area contributed by atoms with Crippen LogP contribution in [0.1, 0.15) is 18.4 Å². The fourth-order valence-electron chi connectivity index (χ4n) is 4.31. The van der Waals surface area contributed by atoms with Gasteiger partial charge in [0, 0.05) is 11.8 Å². The first kappa shape index (κ1) is 21.3. The molecule has 1 amide bonds. The van der Waals surface area contributed by atoms with Crippen LogP contribution in [-0.4, -0.2) is 49.0 Å². The van der Waals surface area contributed by atoms with Gasteiger partial charge in [0.15, 0.2) is 0 Å². The summed E-state index contributed by atoms with van der Waals surface area (Å²) in [4.78, 5) is 13.2. The SMILES string of the molecule is COc1ccc2c(c1)CC(C(=O)Nc1ccc(-c3cn[nH]c3)cc1OC1CCNCC1)CO2. The van der Waals surface area contributed by atoms with Gasteiger partial charge < -0.3 is 24.8 Å². The second kappa shape index (κ2) is 9.54. The van der Waals surface area contributed by atoms with Crippen molar-refractivity contribution in [3.8, 4) is 28.4 Å². The highest BCUT2D eigenvalue weighted by molar-refractivity contribution is 5.95. The number of amides is 1. The molecule has 2 aliphatic heterocycles. The van der Waals surface area contributed by atoms with Gasteiger partial charge in [-0.2, -0.15) is 5.10 Å². The van der Waals surface area contributed by atoms with Gasteiger partial charge >= 0.3 is 0 Å². The number of ether oxygens (including phenoxy) is 3. The number of H-pyrrole nitrogens is 1. The number of aromatic nitrogens is 2. The molecule has 2 aliphatic rings. The fourth-order valence-corrected chi connectivity index (χ4v) is 4.31. The Labute approximate surface area is 192 Å². The smallest absolute Gasteiger partial charge is 0.231 e. The zero-order valence-corrected chi connectivity index (χ0v) is 18.6. The zero-order chi connectivity index (χ0) is 22.6. The molecule has 172 valence electrons. The molecule has 3 aromatic rings. The van der Waals surface area contributed by atoms with Crippen molar-refractivity contribution in [3.05, 3.63) is 54.4 Å². The van der Waals surface area contributed by atoms with Crippen molar-refractivity contribution >= 4 is 11.6 Å². The average Bonchev–Trinajstić information content (AvgIpc) is 3.40. The molecule has 2 aromatic carbocycles. The standard InChI is InChI=1S/C25H28N4O4/c1-31-21-3-5-23-17(11-21)10-18(15-32-23)25(30)29-22-4-2-16(19-13-27-28-14-19)12-24(22)33-20-6-8-26-9-7-20/h2-5,11-14,18,20,26H,6-10,15H2,1H3,(H,27,28)(H,29,30). The lowest BCUT2D eigenvalue weighted by Gasteiger charge is -2.27. The number of methoxy groups -OCH3 is 1. The van der Waals surface area contributed by atoms with E-state index in [4.69, 9.17) is 14.2 Å². The monoisotopic (exact) mass is 448 g/mol. The van der Waals surface area contributed by atoms with Gasteiger partial charge in [0.05, 0.1) is 24.9 Å². The maximum absolute atomic E-state index is 13.2. The van der Waals surface area contributed by atoms with E-state index in [1.165, 1.54) is 0 Å². The molecule has 1 atom stereocenters. The van der Waals surface area contributed by atoms with Gasteiger partial charge in [0.1, 0.15) is 30.0 Å². The molecule has 5 rings (SSSR count). The Morgan fingerprint density at radius 2 is 2.03 bits per heavy atom. The number of nitrogens with one attached hydrogen (secondary N) is 3. The van der Waals surface area contributed by atoms with E-state index in [2.05, 4.69) is 20.8 Å². The lowest BCUT2D eigenvalue weighted by Crippen LogP contribution is -2.35. The molecular weight excluding hydrogens is 420 g/mol. The second-order valence-corrected chi connectivity index (χ2v) is 8.44. The lowest BCUT2D eigenvalue weighted by atomic mass is 9.95. The number of nitrogens with zero attached hydrogens (tertiary/aromatic N) is 1. The van der Waals surface area contributed by atoms with Crippen molar-refractivity contribution in [2.75, 3.05) is 32.1 Å². The van der Waals surface area contributed by atoms with Crippen molar-refractivity contribution in [2.45, 2.75) is 25.4 Å². The molecule has 0 bridgehead atoms. The normalized spacial score (nSPS) is 18.2. The minimum absolute atomic E-state index is 0.0882. The first-order valence-corrected chi connectivity index (χ1v) is 11.3. The molecule has 0 saturated carbocycles. The van der Waals surface area contributed by atoms with Crippen LogP contribution in [0.15, 0.2) is 48.8 Å². The molecule has 0 spiro atoms. The van der Waals surface area contributed by atoms with Crippen LogP contribution in [0.2, 0.25) is 0 Å². The Kier molecular flexibility index (Phi) is 6.17. The van der Waals surface area contributed by atoms with Gasteiger partial charge in [-0.1, -0.05) is 6.07 Å². The van der Waals surface area contributed by atoms with Crippen LogP contribution in [0.3, 0.4) is 0 Å². The molecule has 1 aromatic heterocycles. The predicted octanol–water partition coefficient (Wildman–Crippen LogP) is 3.41. The number of aromatic amines is 1. The molecule has 0 radical (unpaired) electrons. The second-order valence-electron chi connectivity index (χ2n) is 8.44. The Hall–Kier alpha value is -3.52. The number of piperidine rings is 1. The molecule has 0 aliphatic carbocycles. The summed E-state index contributed by atoms with van der Waals surface area (Å²) in [5.41, 5.74) is 3.59. The highest BCUT2D eigenvalue weighted by atomic mass is 16.5. The van der Waals surface area contributed by atoms with E-state index in [1.807, 2.05) is 42.6 Å². The minimum atomic E-state index is -0.301. The number of fused-ring (bicyclic) bond motifs is 1. The van der Waals surface area contributed by atoms with Crippen LogP contribution in [0.25, 0.3) is 11.1 Å². The van der Waals surface area contributed by atoms with Crippen molar-refractivity contribution in [1.29, 1.82) is 0 Å². The highest BCUT2D eigenvalue weighted by Crippen LogP contribution is 2.34. The first-order valence-electron chi connectivity index (χ1n) is 11.3. The number of rotatable bonds is 6. The predicted molar refractivity (Wildman–Crippen MR) is 125 cm³/mol. The first-order chi connectivity index (χ1) is 16.2. The topological polar surface area (TPSA) is 97.5 Å². The summed E-state index contributed by atoms with van der Waals surface area (Å²) in [5, 5.41) is 13.3. The quantitative estimate of drug-likeness (QED) is 0.535. The van der Waals surface area contributed by atoms with Gasteiger partial charge in [-0.05, 0) is 73.8 Å². The summed E-state index contributed by atoms with van der Waals surface area (Å²) < 4.78 is 17.5. The minimum Gasteiger partial charge on any atom is -0.497 e. The van der Waals surface area contributed by atoms with E-state index in [-0.39, 0.29) is 17.9 Å². The van der Waals surface area contributed by atoms with Crippen molar-refractivity contribution in [2.24, 2.45) is 5.92 Å². The maximum Gasteiger partial charge on any atom is 0.231 e. The third kappa shape index (κ3) is 4.80. The maximum atomic E-state index is 13.2. The number of benzene rings is 2. The van der Waals surface area contributed by atoms with Gasteiger partial charge in [-0.15, -0.1) is 0 Å². The Morgan fingerprint density at radius 1 is 1.15 bits per heavy atom. The van der Waals surface area contributed by atoms with Crippen LogP contribution >= 0.6 is 0 Å². The van der Waals surface area contributed by atoms with Crippen LogP contribution < -0.4 is 24.8 Å². The van der Waals surface area contributed by atoms with Gasteiger partial charge in [0.2, 0.25) is 5.91 Å². The Balaban J connectivity index is 1.35. The molecule has 1 saturated heterocycles. The summed E-state index contributed by atoms with van der Waals surface area (Å²) in [6.45, 7) is 2.19. The summed E-state index contributed by atoms with van der Waals surface area (Å²) in [5.74, 6) is 1.84. The summed E-state index contributed by atoms with van der Waals surface area (Å²) in [6, 6.07) is 11.5. The van der Waals surface area contributed by atoms with E-state index in [0.717, 1.165) is 54.1 Å². The number of anilines is 1. The summed E-state index contributed by atoms with van der Waals surface area (Å²) in [7, 11) is 1.63. The van der Waals surface area contributed by atoms with Crippen LogP contribution in [0.5, 0.6) is 17.2 Å². The zero-order valence-electron chi connectivity index (χ0n) is 18.6. The summed E-state index contributed by atoms with van der Waals surface area (Å²) in [6.07, 6.45) is 6.17. The molecule has 3 N–H and O–H groups in total. The number of hydrogen-bond donors (Lipinski definition) is 3. The lowest BCUT2D eigenvalue weighted by molar-refractivity contribution is -0.121. The Bertz CT molecular complexity index is 1110. The van der Waals surface area contributed by atoms with Crippen LogP contribution in [0.4, 0.5) is 5.69 Å². The largest absolute Gasteiger partial charge is 0.497 e. The third-order valence-electron chi connectivity index (χ3n) is 6.20. The molecular formula is C25H28N4O4. The number of carbonyl (C=O) groups excluding carboxylic acids is 1. The van der Waals surface area contributed by atoms with Crippen molar-refractivity contribution < 1.29 is 19.0 Å². The molecule has 3 heterocycles. The Morgan fingerprint density at radius 3 is 2.82 bits per heavy atom. The van der Waals surface area contributed by atoms with Crippen LogP contribution in [-0.2, 0) is 11.2 Å². The van der Waals surface area contributed by atoms with Crippen molar-refractivity contribution in [3.63, 3.8) is 0 Å². The molecule has 1 fully saturated rings. The molecule has 8 nitrogen and oxygen atoms in total. The number of hydrogen-bond acceptors (Lipinski definition) is 6. The van der Waals surface area contributed by atoms with Gasteiger partial charge in [-0.3, -0.25) is 9.89 Å². The number of carbonyl (C=O) groups is 1. The van der Waals surface area contributed by atoms with E-state index in [1.54, 1.807) is 13.3 Å². The highest BCUT2D eigenvalue weighted by Gasteiger charge is 2.27. The van der Waals surface area contributed by atoms with E-state index in [9.17, 15) is 4.79 Å². The van der Waals surface area contributed by atoms with Gasteiger partial charge in [-0.25, -0.2) is 0 Å². The van der Waals surface area contributed by atoms with Crippen molar-refractivity contribution in [1.82, 2.24) is 15.5 Å². The van der Waals surface area contributed by atoms with E-state index in [0.29, 0.717) is 24.5 Å². The van der Waals surface area contributed by atoms with Crippen LogP contribution in [0, 0.1) is 5.92 Å².